The molecule has 0 aliphatic rings. The van der Waals surface area contributed by atoms with Crippen LogP contribution in [0.3, 0.4) is 0 Å². The van der Waals surface area contributed by atoms with Gasteiger partial charge in [-0.3, -0.25) is 20.2 Å². The summed E-state index contributed by atoms with van der Waals surface area (Å²) in [7, 11) is 0. The zero-order chi connectivity index (χ0) is 16.6. The summed E-state index contributed by atoms with van der Waals surface area (Å²) in [5.41, 5.74) is 4.52. The Bertz CT molecular complexity index is 884. The van der Waals surface area contributed by atoms with Crippen LogP contribution in [-0.2, 0) is 0 Å². The maximum Gasteiger partial charge on any atom is 0.277 e. The van der Waals surface area contributed by atoms with Crippen LogP contribution in [0.25, 0.3) is 23.0 Å². The third kappa shape index (κ3) is 2.53. The quantitative estimate of drug-likeness (QED) is 0.536. The molecule has 23 heavy (non-hydrogen) atoms. The molecule has 13 heteroatoms. The first-order chi connectivity index (χ1) is 11.0. The second-order valence-corrected chi connectivity index (χ2v) is 4.17. The molecule has 0 fully saturated rings. The van der Waals surface area contributed by atoms with Crippen molar-refractivity contribution in [3.63, 3.8) is 0 Å². The first-order valence-corrected chi connectivity index (χ1v) is 5.82. The molecule has 13 nitrogen and oxygen atoms in total. The number of aromatic nitrogens is 4. The number of nitrogens with zero attached hydrogens (tertiary/aromatic N) is 6. The second-order valence-electron chi connectivity index (χ2n) is 4.17. The van der Waals surface area contributed by atoms with Crippen molar-refractivity contribution >= 4 is 17.2 Å². The number of anilines is 1. The van der Waals surface area contributed by atoms with E-state index >= 15 is 0 Å². The fourth-order valence-corrected chi connectivity index (χ4v) is 1.72. The summed E-state index contributed by atoms with van der Waals surface area (Å²) < 4.78 is 9.32. The predicted octanol–water partition coefficient (Wildman–Crippen LogP) is 1.19. The largest absolute Gasteiger partial charge is 0.379 e. The summed E-state index contributed by atoms with van der Waals surface area (Å²) in [5, 5.41) is 32.1. The van der Waals surface area contributed by atoms with Gasteiger partial charge in [0.05, 0.1) is 21.5 Å². The molecular formula is C10H5N7O6. The number of benzene rings is 1. The van der Waals surface area contributed by atoms with E-state index in [2.05, 4.69) is 25.1 Å². The Balaban J connectivity index is 2.08. The van der Waals surface area contributed by atoms with Crippen LogP contribution >= 0.6 is 0 Å². The van der Waals surface area contributed by atoms with Crippen LogP contribution in [0.4, 0.5) is 17.2 Å². The molecule has 2 N–H and O–H groups in total. The number of hydrogen-bond acceptors (Lipinski definition) is 11. The lowest BCUT2D eigenvalue weighted by Gasteiger charge is -1.96. The molecule has 3 rings (SSSR count). The lowest BCUT2D eigenvalue weighted by atomic mass is 10.1. The van der Waals surface area contributed by atoms with Gasteiger partial charge in [-0.1, -0.05) is 5.16 Å². The Hall–Kier alpha value is -3.90. The summed E-state index contributed by atoms with van der Waals surface area (Å²) in [5.74, 6) is -0.343. The van der Waals surface area contributed by atoms with Crippen molar-refractivity contribution in [1.82, 2.24) is 20.5 Å². The molecule has 0 unspecified atom stereocenters. The zero-order valence-corrected chi connectivity index (χ0v) is 10.9. The first kappa shape index (κ1) is 14.1. The van der Waals surface area contributed by atoms with E-state index < -0.39 is 21.2 Å². The van der Waals surface area contributed by atoms with Gasteiger partial charge in [0.2, 0.25) is 5.82 Å². The third-order valence-electron chi connectivity index (χ3n) is 2.72. The minimum Gasteiger partial charge on any atom is -0.379 e. The van der Waals surface area contributed by atoms with Gasteiger partial charge in [-0.15, -0.1) is 0 Å². The average molecular weight is 319 g/mol. The van der Waals surface area contributed by atoms with Gasteiger partial charge in [-0.2, -0.15) is 4.98 Å². The number of non-ortho nitro benzene ring substituents is 2. The Morgan fingerprint density at radius 2 is 1.65 bits per heavy atom. The number of nitrogen functional groups attached to an aromatic ring is 1. The van der Waals surface area contributed by atoms with Crippen LogP contribution in [0, 0.1) is 20.2 Å². The maximum absolute atomic E-state index is 10.9. The maximum atomic E-state index is 10.9. The first-order valence-electron chi connectivity index (χ1n) is 5.82. The smallest absolute Gasteiger partial charge is 0.277 e. The number of nitro groups is 2. The lowest BCUT2D eigenvalue weighted by molar-refractivity contribution is -0.394. The van der Waals surface area contributed by atoms with E-state index in [-0.39, 0.29) is 28.8 Å². The highest BCUT2D eigenvalue weighted by Crippen LogP contribution is 2.30. The highest BCUT2D eigenvalue weighted by molar-refractivity contribution is 5.67. The van der Waals surface area contributed by atoms with Crippen LogP contribution in [0.2, 0.25) is 0 Å². The standard InChI is InChI=1S/C10H5N7O6/c11-8-7(13-23-14-8)9-12-10(22-15-9)4-1-5(16(18)19)3-6(2-4)17(20)21/h1-3H,(H2,11,14). The predicted molar refractivity (Wildman–Crippen MR) is 70.7 cm³/mol. The molecule has 0 bridgehead atoms. The summed E-state index contributed by atoms with van der Waals surface area (Å²) in [6.07, 6.45) is 0. The molecule has 0 saturated carbocycles. The lowest BCUT2D eigenvalue weighted by Crippen LogP contribution is -1.94. The van der Waals surface area contributed by atoms with E-state index in [9.17, 15) is 20.2 Å². The van der Waals surface area contributed by atoms with E-state index in [1.807, 2.05) is 0 Å². The normalized spacial score (nSPS) is 10.6. The molecule has 1 aromatic carbocycles. The van der Waals surface area contributed by atoms with Gasteiger partial charge in [-0.05, 0) is 10.3 Å². The van der Waals surface area contributed by atoms with Gasteiger partial charge in [-0.25, -0.2) is 4.63 Å². The molecule has 0 saturated heterocycles. The van der Waals surface area contributed by atoms with Crippen LogP contribution < -0.4 is 5.73 Å². The van der Waals surface area contributed by atoms with Gasteiger partial charge < -0.3 is 10.3 Å². The van der Waals surface area contributed by atoms with Gasteiger partial charge in [0, 0.05) is 12.1 Å². The molecule has 0 aliphatic heterocycles. The summed E-state index contributed by atoms with van der Waals surface area (Å²) in [4.78, 5) is 24.1. The molecule has 0 aliphatic carbocycles. The Labute approximate surface area is 125 Å². The topological polar surface area (TPSA) is 190 Å². The van der Waals surface area contributed by atoms with Crippen molar-refractivity contribution in [2.75, 3.05) is 5.73 Å². The van der Waals surface area contributed by atoms with Crippen LogP contribution in [0.15, 0.2) is 27.4 Å². The van der Waals surface area contributed by atoms with E-state index in [0.717, 1.165) is 18.2 Å². The molecule has 3 aromatic rings. The number of nitro benzene ring substituents is 2. The van der Waals surface area contributed by atoms with Gasteiger partial charge in [0.15, 0.2) is 11.5 Å². The molecule has 116 valence electrons. The number of rotatable bonds is 4. The SMILES string of the molecule is Nc1nonc1-c1noc(-c2cc([N+](=O)[O-])cc([N+](=O)[O-])c2)n1. The molecule has 2 heterocycles. The average Bonchev–Trinajstić information content (AvgIpc) is 3.15. The van der Waals surface area contributed by atoms with Crippen LogP contribution in [-0.4, -0.2) is 30.3 Å². The van der Waals surface area contributed by atoms with Crippen LogP contribution in [0.5, 0.6) is 0 Å². The van der Waals surface area contributed by atoms with Crippen molar-refractivity contribution < 1.29 is 19.0 Å². The fourth-order valence-electron chi connectivity index (χ4n) is 1.72. The van der Waals surface area contributed by atoms with E-state index in [1.54, 1.807) is 0 Å². The minimum absolute atomic E-state index is 0.000300. The second kappa shape index (κ2) is 5.14. The molecule has 2 aromatic heterocycles. The number of nitrogens with two attached hydrogens (primary N) is 1. The molecule has 0 amide bonds. The van der Waals surface area contributed by atoms with E-state index in [0.29, 0.717) is 0 Å². The van der Waals surface area contributed by atoms with Crippen molar-refractivity contribution in [1.29, 1.82) is 0 Å². The number of hydrogen-bond donors (Lipinski definition) is 1. The van der Waals surface area contributed by atoms with Crippen molar-refractivity contribution in [3.8, 4) is 23.0 Å². The minimum atomic E-state index is -0.771. The zero-order valence-electron chi connectivity index (χ0n) is 10.9. The Kier molecular flexibility index (Phi) is 3.14. The highest BCUT2D eigenvalue weighted by atomic mass is 16.6. The highest BCUT2D eigenvalue weighted by Gasteiger charge is 2.22. The Morgan fingerprint density at radius 3 is 2.17 bits per heavy atom. The molecule has 0 atom stereocenters. The van der Waals surface area contributed by atoms with E-state index in [1.165, 1.54) is 0 Å². The van der Waals surface area contributed by atoms with Crippen LogP contribution in [0.1, 0.15) is 0 Å². The summed E-state index contributed by atoms with van der Waals surface area (Å²) in [6.45, 7) is 0. The van der Waals surface area contributed by atoms with E-state index in [4.69, 9.17) is 10.3 Å². The van der Waals surface area contributed by atoms with Crippen molar-refractivity contribution in [2.24, 2.45) is 0 Å². The fraction of sp³-hybridized carbons (Fsp3) is 0. The van der Waals surface area contributed by atoms with Crippen molar-refractivity contribution in [3.05, 3.63) is 38.4 Å². The Morgan fingerprint density at radius 1 is 1.00 bits per heavy atom. The van der Waals surface area contributed by atoms with Gasteiger partial charge in [0.1, 0.15) is 0 Å². The third-order valence-corrected chi connectivity index (χ3v) is 2.72. The molecule has 0 spiro atoms. The van der Waals surface area contributed by atoms with Crippen molar-refractivity contribution in [2.45, 2.75) is 0 Å². The molecule has 0 radical (unpaired) electrons. The molecular weight excluding hydrogens is 314 g/mol. The monoisotopic (exact) mass is 319 g/mol. The van der Waals surface area contributed by atoms with Gasteiger partial charge in [0.25, 0.3) is 17.3 Å². The van der Waals surface area contributed by atoms with Gasteiger partial charge >= 0.3 is 0 Å². The summed E-state index contributed by atoms with van der Waals surface area (Å²) in [6, 6.07) is 2.95. The summed E-state index contributed by atoms with van der Waals surface area (Å²) >= 11 is 0.